The van der Waals surface area contributed by atoms with Crippen molar-refractivity contribution < 1.29 is 8.42 Å². The average Bonchev–Trinajstić information content (AvgIpc) is 2.68. The Balaban J connectivity index is 2.24. The van der Waals surface area contributed by atoms with Gasteiger partial charge in [-0.05, 0) is 31.0 Å². The third-order valence-electron chi connectivity index (χ3n) is 2.94. The van der Waals surface area contributed by atoms with Crippen molar-refractivity contribution in [3.8, 4) is 0 Å². The van der Waals surface area contributed by atoms with Crippen LogP contribution < -0.4 is 10.5 Å². The molecule has 1 aromatic rings. The van der Waals surface area contributed by atoms with Crippen molar-refractivity contribution in [3.05, 3.63) is 23.2 Å². The SMILES string of the molecule is Nc1cc(Cl)ccc1S(=O)(=O)NC1CCCC1. The Hall–Kier alpha value is -0.780. The van der Waals surface area contributed by atoms with E-state index >= 15 is 0 Å². The Bertz CT molecular complexity index is 510. The van der Waals surface area contributed by atoms with Crippen LogP contribution in [0.4, 0.5) is 5.69 Å². The molecule has 0 saturated heterocycles. The Morgan fingerprint density at radius 3 is 2.53 bits per heavy atom. The van der Waals surface area contributed by atoms with Crippen LogP contribution >= 0.6 is 11.6 Å². The number of nitrogen functional groups attached to an aromatic ring is 1. The molecule has 0 aliphatic heterocycles. The van der Waals surface area contributed by atoms with Gasteiger partial charge in [-0.2, -0.15) is 0 Å². The normalized spacial score (nSPS) is 17.5. The fourth-order valence-electron chi connectivity index (χ4n) is 2.09. The number of nitrogens with one attached hydrogen (secondary N) is 1. The lowest BCUT2D eigenvalue weighted by Gasteiger charge is -2.13. The summed E-state index contributed by atoms with van der Waals surface area (Å²) in [4.78, 5) is 0.105. The zero-order valence-corrected chi connectivity index (χ0v) is 10.9. The topological polar surface area (TPSA) is 72.2 Å². The number of benzene rings is 1. The molecule has 1 saturated carbocycles. The second kappa shape index (κ2) is 4.84. The van der Waals surface area contributed by atoms with Crippen LogP contribution in [-0.2, 0) is 10.0 Å². The number of rotatable bonds is 3. The smallest absolute Gasteiger partial charge is 0.242 e. The third kappa shape index (κ3) is 2.91. The van der Waals surface area contributed by atoms with E-state index in [0.717, 1.165) is 25.7 Å². The van der Waals surface area contributed by atoms with Gasteiger partial charge >= 0.3 is 0 Å². The van der Waals surface area contributed by atoms with Gasteiger partial charge in [-0.3, -0.25) is 0 Å². The minimum Gasteiger partial charge on any atom is -0.398 e. The Morgan fingerprint density at radius 1 is 1.29 bits per heavy atom. The Labute approximate surface area is 106 Å². The fourth-order valence-corrected chi connectivity index (χ4v) is 3.69. The maximum absolute atomic E-state index is 12.1. The molecule has 0 amide bonds. The van der Waals surface area contributed by atoms with Crippen LogP contribution in [0.5, 0.6) is 0 Å². The second-order valence-electron chi connectivity index (χ2n) is 4.28. The maximum atomic E-state index is 12.1. The first-order valence-corrected chi connectivity index (χ1v) is 7.42. The van der Waals surface area contributed by atoms with Gasteiger partial charge in [0.2, 0.25) is 10.0 Å². The Kier molecular flexibility index (Phi) is 3.61. The van der Waals surface area contributed by atoms with Crippen LogP contribution in [0, 0.1) is 0 Å². The summed E-state index contributed by atoms with van der Waals surface area (Å²) in [5.41, 5.74) is 5.86. The summed E-state index contributed by atoms with van der Waals surface area (Å²) < 4.78 is 26.9. The van der Waals surface area contributed by atoms with Crippen LogP contribution in [0.15, 0.2) is 23.1 Å². The average molecular weight is 275 g/mol. The molecule has 1 fully saturated rings. The van der Waals surface area contributed by atoms with Gasteiger partial charge in [0.1, 0.15) is 4.90 Å². The molecule has 0 spiro atoms. The van der Waals surface area contributed by atoms with E-state index in [1.807, 2.05) is 0 Å². The van der Waals surface area contributed by atoms with Crippen LogP contribution in [-0.4, -0.2) is 14.5 Å². The molecule has 3 N–H and O–H groups in total. The van der Waals surface area contributed by atoms with E-state index in [-0.39, 0.29) is 16.6 Å². The highest BCUT2D eigenvalue weighted by atomic mass is 35.5. The molecule has 1 aliphatic carbocycles. The summed E-state index contributed by atoms with van der Waals surface area (Å²) in [7, 11) is -3.52. The third-order valence-corrected chi connectivity index (χ3v) is 4.77. The standard InChI is InChI=1S/C11H15ClN2O2S/c12-8-5-6-11(10(13)7-8)17(15,16)14-9-3-1-2-4-9/h5-7,9,14H,1-4,13H2. The van der Waals surface area contributed by atoms with Crippen LogP contribution in [0.25, 0.3) is 0 Å². The van der Waals surface area contributed by atoms with Crippen LogP contribution in [0.1, 0.15) is 25.7 Å². The summed E-state index contributed by atoms with van der Waals surface area (Å²) >= 11 is 5.74. The molecule has 1 aromatic carbocycles. The molecule has 0 unspecified atom stereocenters. The van der Waals surface area contributed by atoms with E-state index in [2.05, 4.69) is 4.72 Å². The molecule has 1 aliphatic rings. The monoisotopic (exact) mass is 274 g/mol. The summed E-state index contributed by atoms with van der Waals surface area (Å²) in [5.74, 6) is 0. The van der Waals surface area contributed by atoms with E-state index in [0.29, 0.717) is 5.02 Å². The first-order chi connectivity index (χ1) is 7.99. The molecule has 6 heteroatoms. The van der Waals surface area contributed by atoms with Gasteiger partial charge < -0.3 is 5.73 Å². The highest BCUT2D eigenvalue weighted by Gasteiger charge is 2.24. The highest BCUT2D eigenvalue weighted by Crippen LogP contribution is 2.25. The molecule has 0 radical (unpaired) electrons. The molecular weight excluding hydrogens is 260 g/mol. The summed E-state index contributed by atoms with van der Waals surface area (Å²) in [6.45, 7) is 0. The number of halogens is 1. The van der Waals surface area contributed by atoms with Gasteiger partial charge in [-0.15, -0.1) is 0 Å². The summed E-state index contributed by atoms with van der Waals surface area (Å²) in [6, 6.07) is 4.45. The predicted molar refractivity (Wildman–Crippen MR) is 68.4 cm³/mol. The molecule has 2 rings (SSSR count). The van der Waals surface area contributed by atoms with Crippen LogP contribution in [0.2, 0.25) is 5.02 Å². The van der Waals surface area contributed by atoms with E-state index in [1.165, 1.54) is 18.2 Å². The van der Waals surface area contributed by atoms with Crippen LogP contribution in [0.3, 0.4) is 0 Å². The largest absolute Gasteiger partial charge is 0.398 e. The number of sulfonamides is 1. The van der Waals surface area contributed by atoms with Gasteiger partial charge in [-0.25, -0.2) is 13.1 Å². The molecule has 4 nitrogen and oxygen atoms in total. The lowest BCUT2D eigenvalue weighted by Crippen LogP contribution is -2.33. The van der Waals surface area contributed by atoms with E-state index in [1.54, 1.807) is 0 Å². The molecular formula is C11H15ClN2O2S. The van der Waals surface area contributed by atoms with Gasteiger partial charge in [0, 0.05) is 11.1 Å². The molecule has 0 atom stereocenters. The van der Waals surface area contributed by atoms with E-state index in [4.69, 9.17) is 17.3 Å². The first-order valence-electron chi connectivity index (χ1n) is 5.56. The van der Waals surface area contributed by atoms with Crippen molar-refractivity contribution in [1.29, 1.82) is 0 Å². The Morgan fingerprint density at radius 2 is 1.94 bits per heavy atom. The number of hydrogen-bond acceptors (Lipinski definition) is 3. The molecule has 17 heavy (non-hydrogen) atoms. The first kappa shape index (κ1) is 12.7. The zero-order chi connectivity index (χ0) is 12.5. The van der Waals surface area contributed by atoms with E-state index in [9.17, 15) is 8.42 Å². The maximum Gasteiger partial charge on any atom is 0.242 e. The predicted octanol–water partition coefficient (Wildman–Crippen LogP) is 2.14. The number of nitrogens with two attached hydrogens (primary N) is 1. The van der Waals surface area contributed by atoms with Crippen molar-refractivity contribution >= 4 is 27.3 Å². The molecule has 0 bridgehead atoms. The molecule has 0 aromatic heterocycles. The minimum atomic E-state index is -3.52. The van der Waals surface area contributed by atoms with Gasteiger partial charge in [0.15, 0.2) is 0 Å². The summed E-state index contributed by atoms with van der Waals surface area (Å²) in [6.07, 6.45) is 3.94. The van der Waals surface area contributed by atoms with E-state index < -0.39 is 10.0 Å². The minimum absolute atomic E-state index is 0.0371. The fraction of sp³-hybridized carbons (Fsp3) is 0.455. The quantitative estimate of drug-likeness (QED) is 0.830. The molecule has 94 valence electrons. The summed E-state index contributed by atoms with van der Waals surface area (Å²) in [5, 5.41) is 0.433. The van der Waals surface area contributed by atoms with Crippen molar-refractivity contribution in [1.82, 2.24) is 4.72 Å². The highest BCUT2D eigenvalue weighted by molar-refractivity contribution is 7.89. The van der Waals surface area contributed by atoms with Crippen molar-refractivity contribution in [2.45, 2.75) is 36.6 Å². The van der Waals surface area contributed by atoms with Crippen molar-refractivity contribution in [2.24, 2.45) is 0 Å². The zero-order valence-electron chi connectivity index (χ0n) is 9.32. The lowest BCUT2D eigenvalue weighted by molar-refractivity contribution is 0.552. The van der Waals surface area contributed by atoms with Gasteiger partial charge in [-0.1, -0.05) is 24.4 Å². The number of hydrogen-bond donors (Lipinski definition) is 2. The molecule has 0 heterocycles. The van der Waals surface area contributed by atoms with Crippen molar-refractivity contribution in [3.63, 3.8) is 0 Å². The second-order valence-corrected chi connectivity index (χ2v) is 6.40. The lowest BCUT2D eigenvalue weighted by atomic mass is 10.3. The van der Waals surface area contributed by atoms with Crippen molar-refractivity contribution in [2.75, 3.05) is 5.73 Å². The van der Waals surface area contributed by atoms with Gasteiger partial charge in [0.05, 0.1) is 5.69 Å². The van der Waals surface area contributed by atoms with Gasteiger partial charge in [0.25, 0.3) is 0 Å². The number of anilines is 1.